The molecule has 4 heterocycles. The molecule has 0 spiro atoms. The van der Waals surface area contributed by atoms with Crippen LogP contribution in [0, 0.1) is 6.92 Å². The number of amides is 2. The fraction of sp³-hybridized carbons (Fsp3) is 0.115. The highest BCUT2D eigenvalue weighted by Gasteiger charge is 2.23. The molecule has 180 valence electrons. The molecule has 0 aliphatic carbocycles. The number of hydrogen-bond donors (Lipinski definition) is 1. The highest BCUT2D eigenvalue weighted by Crippen LogP contribution is 2.31. The number of aromatic nitrogens is 4. The Morgan fingerprint density at radius 1 is 1.06 bits per heavy atom. The van der Waals surface area contributed by atoms with E-state index in [-0.39, 0.29) is 5.56 Å². The van der Waals surface area contributed by atoms with Gasteiger partial charge in [-0.1, -0.05) is 24.3 Å². The van der Waals surface area contributed by atoms with E-state index in [4.69, 9.17) is 9.72 Å². The summed E-state index contributed by atoms with van der Waals surface area (Å²) in [5.74, 6) is -2.01. The number of nitrogens with zero attached hydrogens (tertiary/aromatic N) is 4. The molecule has 0 atom stereocenters. The van der Waals surface area contributed by atoms with Crippen LogP contribution in [-0.4, -0.2) is 43.7 Å². The molecule has 0 aliphatic heterocycles. The van der Waals surface area contributed by atoms with Crippen molar-refractivity contribution in [2.24, 2.45) is 7.05 Å². The van der Waals surface area contributed by atoms with Gasteiger partial charge in [-0.25, -0.2) is 14.5 Å². The zero-order valence-electron chi connectivity index (χ0n) is 19.5. The van der Waals surface area contributed by atoms with Crippen LogP contribution in [0.3, 0.4) is 0 Å². The van der Waals surface area contributed by atoms with E-state index < -0.39 is 24.4 Å². The number of aryl methyl sites for hydroxylation is 2. The molecule has 36 heavy (non-hydrogen) atoms. The molecule has 5 rings (SSSR count). The molecule has 4 aromatic heterocycles. The van der Waals surface area contributed by atoms with Crippen LogP contribution in [0.15, 0.2) is 72.2 Å². The highest BCUT2D eigenvalue weighted by molar-refractivity contribution is 7.13. The number of nitrogens with one attached hydrogen (secondary N) is 1. The van der Waals surface area contributed by atoms with Crippen molar-refractivity contribution >= 4 is 40.2 Å². The second-order valence-electron chi connectivity index (χ2n) is 8.02. The lowest BCUT2D eigenvalue weighted by molar-refractivity contribution is -0.123. The topological polar surface area (TPSA) is 108 Å². The van der Waals surface area contributed by atoms with Crippen molar-refractivity contribution in [1.29, 1.82) is 0 Å². The summed E-state index contributed by atoms with van der Waals surface area (Å²) in [6.07, 6.45) is 1.69. The first-order valence-corrected chi connectivity index (χ1v) is 11.9. The van der Waals surface area contributed by atoms with E-state index in [1.165, 1.54) is 11.3 Å². The summed E-state index contributed by atoms with van der Waals surface area (Å²) in [5.41, 5.74) is 3.03. The lowest BCUT2D eigenvalue weighted by Crippen LogP contribution is -2.35. The summed E-state index contributed by atoms with van der Waals surface area (Å²) < 4.78 is 8.59. The number of benzene rings is 1. The van der Waals surface area contributed by atoms with Gasteiger partial charge in [-0.3, -0.25) is 14.9 Å². The van der Waals surface area contributed by atoms with Crippen molar-refractivity contribution in [3.05, 3.63) is 89.2 Å². The quantitative estimate of drug-likeness (QED) is 0.355. The van der Waals surface area contributed by atoms with Gasteiger partial charge >= 0.3 is 5.97 Å². The minimum Gasteiger partial charge on any atom is -0.452 e. The average molecular weight is 500 g/mol. The Morgan fingerprint density at radius 2 is 1.86 bits per heavy atom. The van der Waals surface area contributed by atoms with Gasteiger partial charge in [0.2, 0.25) is 0 Å². The standard InChI is InChI=1S/C26H21N5O4S/c1-16-23-18(26(34)35-15-22(32)28-25(33)20-10-6-12-30(20)2)14-19(21-11-7-13-36-21)27-24(23)31(29-16)17-8-4-3-5-9-17/h3-14H,15H2,1-2H3,(H,28,32,33). The SMILES string of the molecule is Cc1nn(-c2ccccc2)c2nc(-c3cccs3)cc(C(=O)OCC(=O)NC(=O)c3cccn3C)c12. The lowest BCUT2D eigenvalue weighted by atomic mass is 10.1. The van der Waals surface area contributed by atoms with Crippen molar-refractivity contribution in [2.45, 2.75) is 6.92 Å². The minimum absolute atomic E-state index is 0.240. The molecule has 0 radical (unpaired) electrons. The maximum absolute atomic E-state index is 13.2. The number of hydrogen-bond acceptors (Lipinski definition) is 7. The molecule has 0 saturated carbocycles. The van der Waals surface area contributed by atoms with Crippen LogP contribution in [0.1, 0.15) is 26.5 Å². The third-order valence-electron chi connectivity index (χ3n) is 5.57. The molecule has 0 bridgehead atoms. The van der Waals surface area contributed by atoms with Gasteiger partial charge in [0.05, 0.1) is 32.9 Å². The van der Waals surface area contributed by atoms with Gasteiger partial charge in [0.15, 0.2) is 12.3 Å². The van der Waals surface area contributed by atoms with Crippen LogP contribution in [-0.2, 0) is 16.6 Å². The Balaban J connectivity index is 1.46. The number of para-hydroxylation sites is 1. The largest absolute Gasteiger partial charge is 0.452 e. The summed E-state index contributed by atoms with van der Waals surface area (Å²) in [5, 5.41) is 9.31. The smallest absolute Gasteiger partial charge is 0.339 e. The normalized spacial score (nSPS) is 10.9. The Morgan fingerprint density at radius 3 is 2.56 bits per heavy atom. The fourth-order valence-corrected chi connectivity index (χ4v) is 4.57. The Hall–Kier alpha value is -4.57. The van der Waals surface area contributed by atoms with E-state index in [1.54, 1.807) is 47.6 Å². The Bertz CT molecular complexity index is 1590. The summed E-state index contributed by atoms with van der Waals surface area (Å²) in [6.45, 7) is 1.18. The minimum atomic E-state index is -0.727. The molecule has 5 aromatic rings. The molecule has 0 aliphatic rings. The number of esters is 1. The number of ether oxygens (including phenoxy) is 1. The van der Waals surface area contributed by atoms with Gasteiger partial charge < -0.3 is 9.30 Å². The van der Waals surface area contributed by atoms with Crippen molar-refractivity contribution in [3.8, 4) is 16.3 Å². The molecular weight excluding hydrogens is 478 g/mol. The van der Waals surface area contributed by atoms with Crippen molar-refractivity contribution in [3.63, 3.8) is 0 Å². The van der Waals surface area contributed by atoms with E-state index in [1.807, 2.05) is 47.8 Å². The summed E-state index contributed by atoms with van der Waals surface area (Å²) in [7, 11) is 1.69. The van der Waals surface area contributed by atoms with E-state index >= 15 is 0 Å². The van der Waals surface area contributed by atoms with Crippen LogP contribution < -0.4 is 5.32 Å². The molecular formula is C26H21N5O4S. The second kappa shape index (κ2) is 9.59. The first kappa shape index (κ1) is 23.2. The predicted molar refractivity (Wildman–Crippen MR) is 135 cm³/mol. The number of fused-ring (bicyclic) bond motifs is 1. The fourth-order valence-electron chi connectivity index (χ4n) is 3.88. The van der Waals surface area contributed by atoms with Crippen LogP contribution in [0.4, 0.5) is 0 Å². The molecule has 1 N–H and O–H groups in total. The third kappa shape index (κ3) is 4.41. The molecule has 10 heteroatoms. The molecule has 0 fully saturated rings. The van der Waals surface area contributed by atoms with Crippen LogP contribution in [0.5, 0.6) is 0 Å². The maximum atomic E-state index is 13.2. The number of imide groups is 1. The van der Waals surface area contributed by atoms with Gasteiger partial charge in [-0.15, -0.1) is 11.3 Å². The molecule has 0 saturated heterocycles. The van der Waals surface area contributed by atoms with E-state index in [2.05, 4.69) is 10.4 Å². The number of thiophene rings is 1. The lowest BCUT2D eigenvalue weighted by Gasteiger charge is -2.09. The third-order valence-corrected chi connectivity index (χ3v) is 6.46. The van der Waals surface area contributed by atoms with Gasteiger partial charge in [-0.05, 0) is 48.7 Å². The predicted octanol–water partition coefficient (Wildman–Crippen LogP) is 3.91. The summed E-state index contributed by atoms with van der Waals surface area (Å²) >= 11 is 1.49. The number of pyridine rings is 1. The van der Waals surface area contributed by atoms with Crippen LogP contribution >= 0.6 is 11.3 Å². The first-order valence-electron chi connectivity index (χ1n) is 11.0. The van der Waals surface area contributed by atoms with Gasteiger partial charge in [0.1, 0.15) is 5.69 Å². The zero-order chi connectivity index (χ0) is 25.2. The zero-order valence-corrected chi connectivity index (χ0v) is 20.3. The van der Waals surface area contributed by atoms with Crippen LogP contribution in [0.2, 0.25) is 0 Å². The van der Waals surface area contributed by atoms with E-state index in [9.17, 15) is 14.4 Å². The number of carbonyl (C=O) groups excluding carboxylic acids is 3. The van der Waals surface area contributed by atoms with Gasteiger partial charge in [0, 0.05) is 13.2 Å². The van der Waals surface area contributed by atoms with Gasteiger partial charge in [-0.2, -0.15) is 5.10 Å². The second-order valence-corrected chi connectivity index (χ2v) is 8.97. The molecule has 0 unspecified atom stereocenters. The summed E-state index contributed by atoms with van der Waals surface area (Å²) in [6, 6.07) is 18.2. The summed E-state index contributed by atoms with van der Waals surface area (Å²) in [4.78, 5) is 43.5. The van der Waals surface area contributed by atoms with Gasteiger partial charge in [0.25, 0.3) is 11.8 Å². The molecule has 1 aromatic carbocycles. The Labute approximate surface area is 210 Å². The van der Waals surface area contributed by atoms with E-state index in [0.29, 0.717) is 28.1 Å². The molecule has 2 amide bonds. The van der Waals surface area contributed by atoms with Crippen molar-refractivity contribution in [2.75, 3.05) is 6.61 Å². The Kier molecular flexibility index (Phi) is 6.17. The first-order chi connectivity index (χ1) is 17.4. The maximum Gasteiger partial charge on any atom is 0.339 e. The van der Waals surface area contributed by atoms with E-state index in [0.717, 1.165) is 10.6 Å². The molecule has 9 nitrogen and oxygen atoms in total. The van der Waals surface area contributed by atoms with Crippen molar-refractivity contribution in [1.82, 2.24) is 24.6 Å². The van der Waals surface area contributed by atoms with Crippen molar-refractivity contribution < 1.29 is 19.1 Å². The average Bonchev–Trinajstić information content (AvgIpc) is 3.63. The number of rotatable bonds is 6. The highest BCUT2D eigenvalue weighted by atomic mass is 32.1. The van der Waals surface area contributed by atoms with Crippen LogP contribution in [0.25, 0.3) is 27.3 Å². The monoisotopic (exact) mass is 499 g/mol. The number of carbonyl (C=O) groups is 3.